The molecule has 1 amide bonds. The topological polar surface area (TPSA) is 32.3 Å². The summed E-state index contributed by atoms with van der Waals surface area (Å²) in [5.74, 6) is 0.216. The molecule has 1 aromatic rings. The van der Waals surface area contributed by atoms with Crippen molar-refractivity contribution in [3.05, 3.63) is 48.6 Å². The fraction of sp³-hybridized carbons (Fsp3) is 0.438. The largest absolute Gasteiger partial charge is 0.341 e. The van der Waals surface area contributed by atoms with Crippen LogP contribution in [0.1, 0.15) is 24.8 Å². The lowest BCUT2D eigenvalue weighted by Gasteiger charge is -2.23. The fourth-order valence-electron chi connectivity index (χ4n) is 2.43. The van der Waals surface area contributed by atoms with E-state index in [4.69, 9.17) is 0 Å². The van der Waals surface area contributed by atoms with Crippen LogP contribution in [0, 0.1) is 0 Å². The van der Waals surface area contributed by atoms with Gasteiger partial charge in [-0.3, -0.25) is 4.79 Å². The SMILES string of the molecule is C=CC[C@@H](NCc1ccccc1)C(=O)N1CCCC1. The summed E-state index contributed by atoms with van der Waals surface area (Å²) < 4.78 is 0. The highest BCUT2D eigenvalue weighted by atomic mass is 16.2. The number of nitrogens with one attached hydrogen (secondary N) is 1. The van der Waals surface area contributed by atoms with Gasteiger partial charge in [-0.2, -0.15) is 0 Å². The molecule has 1 saturated heterocycles. The smallest absolute Gasteiger partial charge is 0.240 e. The molecule has 0 aromatic heterocycles. The summed E-state index contributed by atoms with van der Waals surface area (Å²) in [5.41, 5.74) is 1.20. The molecular formula is C16H22N2O. The van der Waals surface area contributed by atoms with Crippen LogP contribution in [0.4, 0.5) is 0 Å². The average Bonchev–Trinajstić information content (AvgIpc) is 2.98. The van der Waals surface area contributed by atoms with E-state index in [1.165, 1.54) is 5.56 Å². The summed E-state index contributed by atoms with van der Waals surface area (Å²) in [5, 5.41) is 3.35. The molecule has 0 radical (unpaired) electrons. The Labute approximate surface area is 115 Å². The highest BCUT2D eigenvalue weighted by Crippen LogP contribution is 2.11. The lowest BCUT2D eigenvalue weighted by atomic mass is 10.1. The molecule has 0 aliphatic carbocycles. The van der Waals surface area contributed by atoms with Gasteiger partial charge >= 0.3 is 0 Å². The van der Waals surface area contributed by atoms with Crippen LogP contribution in [-0.4, -0.2) is 29.9 Å². The minimum atomic E-state index is -0.143. The minimum absolute atomic E-state index is 0.143. The predicted octanol–water partition coefficient (Wildman–Crippen LogP) is 2.34. The molecule has 3 nitrogen and oxygen atoms in total. The van der Waals surface area contributed by atoms with Gasteiger partial charge in [0.05, 0.1) is 6.04 Å². The lowest BCUT2D eigenvalue weighted by Crippen LogP contribution is -2.44. The second-order valence-corrected chi connectivity index (χ2v) is 4.98. The zero-order valence-corrected chi connectivity index (χ0v) is 11.3. The molecule has 1 atom stereocenters. The van der Waals surface area contributed by atoms with Gasteiger partial charge in [-0.1, -0.05) is 36.4 Å². The van der Waals surface area contributed by atoms with Gasteiger partial charge in [-0.15, -0.1) is 6.58 Å². The summed E-state index contributed by atoms with van der Waals surface area (Å²) in [6, 6.07) is 10.0. The first kappa shape index (κ1) is 13.8. The molecule has 2 rings (SSSR count). The van der Waals surface area contributed by atoms with Crippen molar-refractivity contribution >= 4 is 5.91 Å². The number of rotatable bonds is 6. The van der Waals surface area contributed by atoms with Crippen molar-refractivity contribution in [1.29, 1.82) is 0 Å². The molecule has 1 aromatic carbocycles. The molecule has 3 heteroatoms. The maximum absolute atomic E-state index is 12.4. The van der Waals surface area contributed by atoms with Crippen LogP contribution in [0.2, 0.25) is 0 Å². The average molecular weight is 258 g/mol. The Kier molecular flexibility index (Phi) is 5.16. The van der Waals surface area contributed by atoms with Crippen LogP contribution in [0.25, 0.3) is 0 Å². The van der Waals surface area contributed by atoms with Crippen molar-refractivity contribution in [2.24, 2.45) is 0 Å². The van der Waals surface area contributed by atoms with Crippen molar-refractivity contribution in [1.82, 2.24) is 10.2 Å². The Bertz CT molecular complexity index is 410. The van der Waals surface area contributed by atoms with Crippen LogP contribution in [0.15, 0.2) is 43.0 Å². The van der Waals surface area contributed by atoms with Crippen LogP contribution < -0.4 is 5.32 Å². The van der Waals surface area contributed by atoms with Gasteiger partial charge in [0.15, 0.2) is 0 Å². The van der Waals surface area contributed by atoms with Crippen LogP contribution in [0.5, 0.6) is 0 Å². The standard InChI is InChI=1S/C16H22N2O/c1-2-8-15(16(19)18-11-6-7-12-18)17-13-14-9-4-3-5-10-14/h2-5,9-10,15,17H,1,6-8,11-13H2/t15-/m1/s1. The van der Waals surface area contributed by atoms with E-state index in [1.54, 1.807) is 0 Å². The molecule has 0 unspecified atom stereocenters. The lowest BCUT2D eigenvalue weighted by molar-refractivity contribution is -0.132. The second kappa shape index (κ2) is 7.10. The van der Waals surface area contributed by atoms with E-state index in [2.05, 4.69) is 24.0 Å². The van der Waals surface area contributed by atoms with Gasteiger partial charge in [0.2, 0.25) is 5.91 Å². The quantitative estimate of drug-likeness (QED) is 0.794. The van der Waals surface area contributed by atoms with Gasteiger partial charge in [0, 0.05) is 19.6 Å². The maximum Gasteiger partial charge on any atom is 0.240 e. The number of benzene rings is 1. The third-order valence-corrected chi connectivity index (χ3v) is 3.51. The van der Waals surface area contributed by atoms with E-state index in [1.807, 2.05) is 29.2 Å². The molecule has 0 spiro atoms. The van der Waals surface area contributed by atoms with Gasteiger partial charge in [-0.05, 0) is 24.8 Å². The number of amides is 1. The number of likely N-dealkylation sites (tertiary alicyclic amines) is 1. The van der Waals surface area contributed by atoms with E-state index in [9.17, 15) is 4.79 Å². The summed E-state index contributed by atoms with van der Waals surface area (Å²) in [6.45, 7) is 6.28. The van der Waals surface area contributed by atoms with E-state index >= 15 is 0 Å². The van der Waals surface area contributed by atoms with Crippen molar-refractivity contribution in [2.75, 3.05) is 13.1 Å². The minimum Gasteiger partial charge on any atom is -0.341 e. The molecule has 1 heterocycles. The molecule has 0 saturated carbocycles. The van der Waals surface area contributed by atoms with Crippen molar-refractivity contribution in [2.45, 2.75) is 31.8 Å². The molecule has 0 bridgehead atoms. The summed E-state index contributed by atoms with van der Waals surface area (Å²) >= 11 is 0. The third-order valence-electron chi connectivity index (χ3n) is 3.51. The number of carbonyl (C=O) groups excluding carboxylic acids is 1. The van der Waals surface area contributed by atoms with Crippen LogP contribution >= 0.6 is 0 Å². The van der Waals surface area contributed by atoms with E-state index in [0.717, 1.165) is 32.5 Å². The number of carbonyl (C=O) groups is 1. The molecule has 1 aliphatic heterocycles. The zero-order chi connectivity index (χ0) is 13.5. The Morgan fingerprint density at radius 2 is 2.00 bits per heavy atom. The van der Waals surface area contributed by atoms with Gasteiger partial charge in [0.1, 0.15) is 0 Å². The Hall–Kier alpha value is -1.61. The predicted molar refractivity (Wildman–Crippen MR) is 77.7 cm³/mol. The summed E-state index contributed by atoms with van der Waals surface area (Å²) in [7, 11) is 0. The molecule has 1 N–H and O–H groups in total. The fourth-order valence-corrected chi connectivity index (χ4v) is 2.43. The molecular weight excluding hydrogens is 236 g/mol. The highest BCUT2D eigenvalue weighted by molar-refractivity contribution is 5.82. The number of hydrogen-bond acceptors (Lipinski definition) is 2. The number of hydrogen-bond donors (Lipinski definition) is 1. The van der Waals surface area contributed by atoms with Crippen LogP contribution in [0.3, 0.4) is 0 Å². The maximum atomic E-state index is 12.4. The molecule has 1 aliphatic rings. The normalized spacial score (nSPS) is 16.3. The van der Waals surface area contributed by atoms with Crippen molar-refractivity contribution in [3.63, 3.8) is 0 Å². The first-order valence-corrected chi connectivity index (χ1v) is 6.98. The van der Waals surface area contributed by atoms with E-state index < -0.39 is 0 Å². The highest BCUT2D eigenvalue weighted by Gasteiger charge is 2.24. The van der Waals surface area contributed by atoms with Gasteiger partial charge < -0.3 is 10.2 Å². The second-order valence-electron chi connectivity index (χ2n) is 4.98. The Morgan fingerprint density at radius 3 is 2.63 bits per heavy atom. The first-order chi connectivity index (χ1) is 9.31. The van der Waals surface area contributed by atoms with Crippen molar-refractivity contribution in [3.8, 4) is 0 Å². The Balaban J connectivity index is 1.91. The Morgan fingerprint density at radius 1 is 1.32 bits per heavy atom. The van der Waals surface area contributed by atoms with Gasteiger partial charge in [-0.25, -0.2) is 0 Å². The molecule has 1 fully saturated rings. The van der Waals surface area contributed by atoms with E-state index in [-0.39, 0.29) is 11.9 Å². The zero-order valence-electron chi connectivity index (χ0n) is 11.3. The monoisotopic (exact) mass is 258 g/mol. The summed E-state index contributed by atoms with van der Waals surface area (Å²) in [4.78, 5) is 14.3. The van der Waals surface area contributed by atoms with E-state index in [0.29, 0.717) is 6.42 Å². The molecule has 102 valence electrons. The molecule has 19 heavy (non-hydrogen) atoms. The third kappa shape index (κ3) is 3.93. The van der Waals surface area contributed by atoms with Crippen LogP contribution in [-0.2, 0) is 11.3 Å². The number of nitrogens with zero attached hydrogens (tertiary/aromatic N) is 1. The van der Waals surface area contributed by atoms with Crippen molar-refractivity contribution < 1.29 is 4.79 Å². The summed E-state index contributed by atoms with van der Waals surface area (Å²) in [6.07, 6.45) is 4.76. The first-order valence-electron chi connectivity index (χ1n) is 6.98. The van der Waals surface area contributed by atoms with Gasteiger partial charge in [0.25, 0.3) is 0 Å².